The summed E-state index contributed by atoms with van der Waals surface area (Å²) in [5.41, 5.74) is 1.84. The molecule has 2 fully saturated rings. The van der Waals surface area contributed by atoms with Crippen molar-refractivity contribution in [3.8, 4) is 0 Å². The van der Waals surface area contributed by atoms with Crippen LogP contribution in [0.5, 0.6) is 0 Å². The van der Waals surface area contributed by atoms with Crippen LogP contribution < -0.4 is 5.32 Å². The van der Waals surface area contributed by atoms with E-state index < -0.39 is 11.8 Å². The van der Waals surface area contributed by atoms with Crippen LogP contribution in [0.2, 0.25) is 5.02 Å². The predicted molar refractivity (Wildman–Crippen MR) is 142 cm³/mol. The molecule has 3 amide bonds. The van der Waals surface area contributed by atoms with E-state index in [-0.39, 0.29) is 24.3 Å². The third-order valence-electron chi connectivity index (χ3n) is 7.30. The molecule has 1 N–H and O–H groups in total. The molecule has 3 heterocycles. The van der Waals surface area contributed by atoms with Gasteiger partial charge in [0.05, 0.1) is 6.61 Å². The molecule has 9 heteroatoms. The Balaban J connectivity index is 1.37. The van der Waals surface area contributed by atoms with Gasteiger partial charge in [-0.05, 0) is 60.5 Å². The summed E-state index contributed by atoms with van der Waals surface area (Å²) in [5, 5.41) is 3.52. The summed E-state index contributed by atoms with van der Waals surface area (Å²) in [7, 11) is 0. The SMILES string of the molecule is Cc1ccccc1C(=O)N1C(C(=O)NCc2ccncc2)COC12CCN(C(=O)c1ccc(Cl)cc1)CC2. The lowest BCUT2D eigenvalue weighted by molar-refractivity contribution is -0.128. The van der Waals surface area contributed by atoms with Crippen molar-refractivity contribution in [2.75, 3.05) is 19.7 Å². The molecule has 1 spiro atoms. The normalized spacial score (nSPS) is 18.4. The van der Waals surface area contributed by atoms with Crippen LogP contribution in [0.1, 0.15) is 44.7 Å². The van der Waals surface area contributed by atoms with Crippen molar-refractivity contribution in [1.82, 2.24) is 20.1 Å². The predicted octanol–water partition coefficient (Wildman–Crippen LogP) is 3.83. The number of hydrogen-bond acceptors (Lipinski definition) is 5. The van der Waals surface area contributed by atoms with Gasteiger partial charge in [0.1, 0.15) is 11.8 Å². The monoisotopic (exact) mass is 532 g/mol. The highest BCUT2D eigenvalue weighted by Crippen LogP contribution is 2.39. The number of hydrogen-bond donors (Lipinski definition) is 1. The van der Waals surface area contributed by atoms with Crippen LogP contribution >= 0.6 is 11.6 Å². The molecule has 2 aromatic carbocycles. The number of aryl methyl sites for hydroxylation is 1. The van der Waals surface area contributed by atoms with E-state index in [0.717, 1.165) is 11.1 Å². The number of piperidine rings is 1. The van der Waals surface area contributed by atoms with E-state index in [1.165, 1.54) is 0 Å². The number of amides is 3. The summed E-state index contributed by atoms with van der Waals surface area (Å²) in [6, 6.07) is 17.0. The maximum Gasteiger partial charge on any atom is 0.257 e. The highest BCUT2D eigenvalue weighted by molar-refractivity contribution is 6.30. The number of likely N-dealkylation sites (tertiary alicyclic amines) is 1. The van der Waals surface area contributed by atoms with E-state index in [9.17, 15) is 14.4 Å². The number of nitrogens with one attached hydrogen (secondary N) is 1. The van der Waals surface area contributed by atoms with Crippen LogP contribution in [0, 0.1) is 6.92 Å². The Morgan fingerprint density at radius 1 is 1.00 bits per heavy atom. The molecule has 1 unspecified atom stereocenters. The lowest BCUT2D eigenvalue weighted by Crippen LogP contribution is -2.59. The summed E-state index contributed by atoms with van der Waals surface area (Å²) < 4.78 is 6.29. The Bertz CT molecular complexity index is 1320. The lowest BCUT2D eigenvalue weighted by Gasteiger charge is -2.44. The molecule has 3 aromatic rings. The molecule has 2 aliphatic rings. The molecule has 1 aromatic heterocycles. The third-order valence-corrected chi connectivity index (χ3v) is 7.55. The molecule has 2 aliphatic heterocycles. The van der Waals surface area contributed by atoms with Crippen LogP contribution in [0.15, 0.2) is 73.1 Å². The number of nitrogens with zero attached hydrogens (tertiary/aromatic N) is 3. The molecule has 0 saturated carbocycles. The summed E-state index contributed by atoms with van der Waals surface area (Å²) in [4.78, 5) is 47.8. The number of pyridine rings is 1. The van der Waals surface area contributed by atoms with Gasteiger partial charge in [0.25, 0.3) is 11.8 Å². The summed E-state index contributed by atoms with van der Waals surface area (Å²) in [6.07, 6.45) is 4.14. The van der Waals surface area contributed by atoms with Crippen molar-refractivity contribution < 1.29 is 19.1 Å². The van der Waals surface area contributed by atoms with Gasteiger partial charge in [-0.3, -0.25) is 24.3 Å². The molecule has 8 nitrogen and oxygen atoms in total. The quantitative estimate of drug-likeness (QED) is 0.539. The Morgan fingerprint density at radius 2 is 1.68 bits per heavy atom. The van der Waals surface area contributed by atoms with Crippen molar-refractivity contribution in [3.63, 3.8) is 0 Å². The number of ether oxygens (including phenoxy) is 1. The van der Waals surface area contributed by atoms with Gasteiger partial charge >= 0.3 is 0 Å². The highest BCUT2D eigenvalue weighted by atomic mass is 35.5. The Hall–Kier alpha value is -3.75. The summed E-state index contributed by atoms with van der Waals surface area (Å²) >= 11 is 5.97. The molecule has 196 valence electrons. The van der Waals surface area contributed by atoms with Crippen LogP contribution in [0.25, 0.3) is 0 Å². The Morgan fingerprint density at radius 3 is 2.37 bits per heavy atom. The highest BCUT2D eigenvalue weighted by Gasteiger charge is 2.54. The fourth-order valence-corrected chi connectivity index (χ4v) is 5.28. The smallest absolute Gasteiger partial charge is 0.257 e. The van der Waals surface area contributed by atoms with Crippen LogP contribution in [-0.4, -0.2) is 64.0 Å². The van der Waals surface area contributed by atoms with Crippen molar-refractivity contribution in [1.29, 1.82) is 0 Å². The molecule has 38 heavy (non-hydrogen) atoms. The molecule has 0 radical (unpaired) electrons. The van der Waals surface area contributed by atoms with Gasteiger partial charge in [0.2, 0.25) is 5.91 Å². The van der Waals surface area contributed by atoms with Gasteiger partial charge in [-0.15, -0.1) is 0 Å². The first-order chi connectivity index (χ1) is 18.4. The van der Waals surface area contributed by atoms with Gasteiger partial charge in [-0.1, -0.05) is 29.8 Å². The van der Waals surface area contributed by atoms with Crippen LogP contribution in [0.4, 0.5) is 0 Å². The zero-order valence-corrected chi connectivity index (χ0v) is 21.9. The second-order valence-corrected chi connectivity index (χ2v) is 10.1. The molecule has 0 bridgehead atoms. The average Bonchev–Trinajstić information content (AvgIpc) is 3.31. The molecular weight excluding hydrogens is 504 g/mol. The fraction of sp³-hybridized carbons (Fsp3) is 0.310. The number of benzene rings is 2. The van der Waals surface area contributed by atoms with E-state index in [1.807, 2.05) is 37.3 Å². The number of aromatic nitrogens is 1. The molecule has 2 saturated heterocycles. The maximum atomic E-state index is 14.0. The molecule has 5 rings (SSSR count). The standard InChI is InChI=1S/C29H29ClN4O4/c1-20-4-2-3-5-24(20)28(37)34-25(26(35)32-18-21-10-14-31-15-11-21)19-38-29(34)12-16-33(17-13-29)27(36)22-6-8-23(30)9-7-22/h2-11,14-15,25H,12-13,16-19H2,1H3,(H,32,35). The van der Waals surface area contributed by atoms with E-state index in [4.69, 9.17) is 16.3 Å². The van der Waals surface area contributed by atoms with Gasteiger partial charge in [0, 0.05) is 61.0 Å². The first kappa shape index (κ1) is 25.9. The van der Waals surface area contributed by atoms with Crippen molar-refractivity contribution in [2.24, 2.45) is 0 Å². The minimum absolute atomic E-state index is 0.0882. The van der Waals surface area contributed by atoms with Crippen LogP contribution in [-0.2, 0) is 16.1 Å². The molecular formula is C29H29ClN4O4. The minimum Gasteiger partial charge on any atom is -0.353 e. The third kappa shape index (κ3) is 5.14. The number of rotatable bonds is 5. The molecule has 0 aliphatic carbocycles. The Kier molecular flexibility index (Phi) is 7.44. The fourth-order valence-electron chi connectivity index (χ4n) is 5.15. The minimum atomic E-state index is -0.977. The largest absolute Gasteiger partial charge is 0.353 e. The topological polar surface area (TPSA) is 91.8 Å². The van der Waals surface area contributed by atoms with Gasteiger partial charge < -0.3 is 15.0 Å². The average molecular weight is 533 g/mol. The first-order valence-corrected chi connectivity index (χ1v) is 13.0. The number of halogens is 1. The van der Waals surface area contributed by atoms with E-state index in [1.54, 1.807) is 52.5 Å². The van der Waals surface area contributed by atoms with Crippen LogP contribution in [0.3, 0.4) is 0 Å². The van der Waals surface area contributed by atoms with Crippen molar-refractivity contribution >= 4 is 29.3 Å². The second-order valence-electron chi connectivity index (χ2n) is 9.64. The zero-order chi connectivity index (χ0) is 26.7. The molecule has 1 atom stereocenters. The van der Waals surface area contributed by atoms with E-state index >= 15 is 0 Å². The summed E-state index contributed by atoms with van der Waals surface area (Å²) in [6.45, 7) is 3.07. The number of carbonyl (C=O) groups excluding carboxylic acids is 3. The maximum absolute atomic E-state index is 14.0. The number of carbonyl (C=O) groups is 3. The van der Waals surface area contributed by atoms with Gasteiger partial charge in [-0.25, -0.2) is 0 Å². The summed E-state index contributed by atoms with van der Waals surface area (Å²) in [5.74, 6) is -0.625. The first-order valence-electron chi connectivity index (χ1n) is 12.6. The zero-order valence-electron chi connectivity index (χ0n) is 21.1. The second kappa shape index (κ2) is 10.9. The van der Waals surface area contributed by atoms with E-state index in [0.29, 0.717) is 48.6 Å². The van der Waals surface area contributed by atoms with Crippen molar-refractivity contribution in [3.05, 3.63) is 100 Å². The lowest BCUT2D eigenvalue weighted by atomic mass is 9.95. The van der Waals surface area contributed by atoms with E-state index in [2.05, 4.69) is 10.3 Å². The Labute approximate surface area is 226 Å². The van der Waals surface area contributed by atoms with Gasteiger partial charge in [0.15, 0.2) is 0 Å². The van der Waals surface area contributed by atoms with Gasteiger partial charge in [-0.2, -0.15) is 0 Å². The van der Waals surface area contributed by atoms with Crippen molar-refractivity contribution in [2.45, 2.75) is 38.1 Å².